The van der Waals surface area contributed by atoms with Gasteiger partial charge in [0.2, 0.25) is 11.5 Å². The number of fused-ring (bicyclic) bond motifs is 1. The number of alkyl halides is 6. The molecule has 0 unspecified atom stereocenters. The average molecular weight is 543 g/mol. The summed E-state index contributed by atoms with van der Waals surface area (Å²) in [6.45, 7) is 2.51. The van der Waals surface area contributed by atoms with E-state index in [4.69, 9.17) is 4.74 Å². The van der Waals surface area contributed by atoms with E-state index in [1.54, 1.807) is 0 Å². The molecule has 10 nitrogen and oxygen atoms in total. The fraction of sp³-hybridized carbons (Fsp3) is 0.318. The summed E-state index contributed by atoms with van der Waals surface area (Å²) in [5.41, 5.74) is -5.04. The number of nitrogens with one attached hydrogen (secondary N) is 2. The predicted molar refractivity (Wildman–Crippen MR) is 122 cm³/mol. The van der Waals surface area contributed by atoms with E-state index in [2.05, 4.69) is 20.1 Å². The number of halogens is 6. The lowest BCUT2D eigenvalue weighted by atomic mass is 9.92. The Hall–Kier alpha value is -4.37. The number of H-pyrrole nitrogens is 2. The summed E-state index contributed by atoms with van der Waals surface area (Å²) in [5.74, 6) is -0.624. The van der Waals surface area contributed by atoms with Crippen molar-refractivity contribution in [1.29, 1.82) is 0 Å². The summed E-state index contributed by atoms with van der Waals surface area (Å²) in [6, 6.07) is 2.63. The van der Waals surface area contributed by atoms with E-state index in [1.165, 1.54) is 27.9 Å². The zero-order valence-corrected chi connectivity index (χ0v) is 19.7. The molecule has 1 aliphatic heterocycles. The molecule has 0 saturated carbocycles. The van der Waals surface area contributed by atoms with Crippen molar-refractivity contribution in [2.75, 3.05) is 18.0 Å². The van der Waals surface area contributed by atoms with Crippen LogP contribution < -0.4 is 20.9 Å². The lowest BCUT2D eigenvalue weighted by Crippen LogP contribution is -2.72. The van der Waals surface area contributed by atoms with Gasteiger partial charge in [0.05, 0.1) is 29.9 Å². The van der Waals surface area contributed by atoms with Crippen LogP contribution in [0.5, 0.6) is 5.88 Å². The molecule has 0 atom stereocenters. The van der Waals surface area contributed by atoms with Crippen molar-refractivity contribution >= 4 is 11.3 Å². The molecule has 1 saturated heterocycles. The summed E-state index contributed by atoms with van der Waals surface area (Å²) in [6.07, 6.45) is -5.33. The Labute approximate surface area is 208 Å². The highest BCUT2D eigenvalue weighted by atomic mass is 19.4. The monoisotopic (exact) mass is 543 g/mol. The first-order valence-electron chi connectivity index (χ1n) is 11.1. The molecule has 1 aliphatic rings. The summed E-state index contributed by atoms with van der Waals surface area (Å²) in [5, 5.41) is 4.21. The Kier molecular flexibility index (Phi) is 6.67. The van der Waals surface area contributed by atoms with Crippen LogP contribution in [0.2, 0.25) is 0 Å². The quantitative estimate of drug-likeness (QED) is 0.379. The average Bonchev–Trinajstić information content (AvgIpc) is 3.30. The second-order valence-electron chi connectivity index (χ2n) is 7.93. The molecule has 0 aromatic carbocycles. The van der Waals surface area contributed by atoms with Crippen LogP contribution in [0.4, 0.5) is 32.0 Å². The predicted octanol–water partition coefficient (Wildman–Crippen LogP) is 3.41. The normalized spacial score (nSPS) is 15.0. The lowest BCUT2D eigenvalue weighted by Gasteiger charge is -2.50. The van der Waals surface area contributed by atoms with Crippen molar-refractivity contribution in [2.24, 2.45) is 0 Å². The number of aromatic nitrogens is 6. The standard InChI is InChI=1S/C20H13F6N7O3.C2H6/c21-19(22,23)10-1-2-14(28-6-10)36-18(20(24,25)26)8-32(9-18)13-5-12(31-33-4-3-27-15(13)33)11-7-29-17(35)30-16(11)34;1-2/h1-7H,8-9H2,(H2,29,30,34,35);1-2H3. The molecule has 0 aliphatic carbocycles. The van der Waals surface area contributed by atoms with Gasteiger partial charge in [-0.2, -0.15) is 31.4 Å². The molecule has 4 aromatic heterocycles. The van der Waals surface area contributed by atoms with Gasteiger partial charge in [-0.1, -0.05) is 13.8 Å². The Bertz CT molecular complexity index is 1550. The highest BCUT2D eigenvalue weighted by molar-refractivity contribution is 5.75. The minimum absolute atomic E-state index is 0.0423. The van der Waals surface area contributed by atoms with Crippen molar-refractivity contribution in [2.45, 2.75) is 31.8 Å². The van der Waals surface area contributed by atoms with Crippen LogP contribution in [-0.2, 0) is 6.18 Å². The van der Waals surface area contributed by atoms with Gasteiger partial charge in [-0.15, -0.1) is 0 Å². The Morgan fingerprint density at radius 1 is 1.05 bits per heavy atom. The first-order chi connectivity index (χ1) is 17.9. The molecule has 0 bridgehead atoms. The maximum atomic E-state index is 14.0. The number of ether oxygens (including phenoxy) is 1. The molecule has 0 spiro atoms. The number of imidazole rings is 1. The van der Waals surface area contributed by atoms with Crippen molar-refractivity contribution in [3.63, 3.8) is 0 Å². The van der Waals surface area contributed by atoms with Gasteiger partial charge in [-0.25, -0.2) is 19.3 Å². The summed E-state index contributed by atoms with van der Waals surface area (Å²) >= 11 is 0. The van der Waals surface area contributed by atoms with Crippen LogP contribution in [0.1, 0.15) is 19.4 Å². The van der Waals surface area contributed by atoms with Crippen LogP contribution in [-0.4, -0.2) is 54.4 Å². The van der Waals surface area contributed by atoms with Gasteiger partial charge in [0.15, 0.2) is 5.65 Å². The maximum absolute atomic E-state index is 14.0. The highest BCUT2D eigenvalue weighted by Crippen LogP contribution is 2.44. The molecular formula is C22H19F6N7O3. The molecule has 16 heteroatoms. The van der Waals surface area contributed by atoms with Gasteiger partial charge < -0.3 is 14.6 Å². The molecule has 0 amide bonds. The minimum Gasteiger partial charge on any atom is -0.457 e. The van der Waals surface area contributed by atoms with Crippen molar-refractivity contribution in [1.82, 2.24) is 29.5 Å². The lowest BCUT2D eigenvalue weighted by molar-refractivity contribution is -0.257. The Balaban J connectivity index is 0.00000164. The largest absolute Gasteiger partial charge is 0.457 e. The van der Waals surface area contributed by atoms with Crippen molar-refractivity contribution in [3.8, 4) is 17.1 Å². The third-order valence-corrected chi connectivity index (χ3v) is 5.55. The van der Waals surface area contributed by atoms with Gasteiger partial charge in [0.25, 0.3) is 5.56 Å². The molecule has 5 heterocycles. The fourth-order valence-corrected chi connectivity index (χ4v) is 3.72. The Morgan fingerprint density at radius 2 is 1.76 bits per heavy atom. The van der Waals surface area contributed by atoms with Crippen LogP contribution in [0.3, 0.4) is 0 Å². The van der Waals surface area contributed by atoms with Gasteiger partial charge in [0.1, 0.15) is 5.69 Å². The molecule has 0 radical (unpaired) electrons. The van der Waals surface area contributed by atoms with Gasteiger partial charge >= 0.3 is 18.0 Å². The van der Waals surface area contributed by atoms with Crippen molar-refractivity contribution in [3.05, 3.63) is 69.4 Å². The second kappa shape index (κ2) is 9.50. The molecule has 4 aromatic rings. The number of hydrogen-bond acceptors (Lipinski definition) is 7. The zero-order chi connectivity index (χ0) is 27.9. The molecule has 2 N–H and O–H groups in total. The van der Waals surface area contributed by atoms with E-state index < -0.39 is 53.7 Å². The third kappa shape index (κ3) is 4.80. The summed E-state index contributed by atoms with van der Waals surface area (Å²) < 4.78 is 86.6. The summed E-state index contributed by atoms with van der Waals surface area (Å²) in [7, 11) is 0. The molecule has 1 fully saturated rings. The van der Waals surface area contributed by atoms with Crippen LogP contribution in [0.25, 0.3) is 16.9 Å². The van der Waals surface area contributed by atoms with Gasteiger partial charge in [-0.3, -0.25) is 9.78 Å². The molecular weight excluding hydrogens is 524 g/mol. The Morgan fingerprint density at radius 3 is 2.34 bits per heavy atom. The number of rotatable bonds is 4. The fourth-order valence-electron chi connectivity index (χ4n) is 3.72. The first-order valence-corrected chi connectivity index (χ1v) is 11.1. The number of aromatic amines is 2. The van der Waals surface area contributed by atoms with Gasteiger partial charge in [0, 0.05) is 30.9 Å². The van der Waals surface area contributed by atoms with E-state index in [9.17, 15) is 35.9 Å². The van der Waals surface area contributed by atoms with Crippen molar-refractivity contribution < 1.29 is 31.1 Å². The smallest absolute Gasteiger partial charge is 0.431 e. The number of pyridine rings is 1. The van der Waals surface area contributed by atoms with E-state index in [1.807, 2.05) is 18.8 Å². The molecule has 5 rings (SSSR count). The van der Waals surface area contributed by atoms with Crippen LogP contribution >= 0.6 is 0 Å². The number of hydrogen-bond donors (Lipinski definition) is 2. The van der Waals surface area contributed by atoms with E-state index in [0.29, 0.717) is 12.3 Å². The van der Waals surface area contributed by atoms with E-state index in [-0.39, 0.29) is 22.6 Å². The third-order valence-electron chi connectivity index (χ3n) is 5.55. The SMILES string of the molecule is CC.O=c1[nH]cc(-c2cc(N3CC(Oc4ccc(C(F)(F)F)cn4)(C(F)(F)F)C3)c3nccn3n2)c(=O)[nH]1. The van der Waals surface area contributed by atoms with Gasteiger partial charge in [-0.05, 0) is 12.1 Å². The topological polar surface area (TPSA) is 121 Å². The summed E-state index contributed by atoms with van der Waals surface area (Å²) in [4.78, 5) is 36.6. The molecule has 202 valence electrons. The second-order valence-corrected chi connectivity index (χ2v) is 7.93. The van der Waals surface area contributed by atoms with Crippen LogP contribution in [0.15, 0.2) is 52.6 Å². The zero-order valence-electron chi connectivity index (χ0n) is 19.7. The highest BCUT2D eigenvalue weighted by Gasteiger charge is 2.65. The van der Waals surface area contributed by atoms with E-state index in [0.717, 1.165) is 12.3 Å². The maximum Gasteiger partial charge on any atom is 0.431 e. The minimum atomic E-state index is -4.90. The number of nitrogens with zero attached hydrogens (tertiary/aromatic N) is 5. The van der Waals surface area contributed by atoms with E-state index >= 15 is 0 Å². The number of anilines is 1. The molecule has 38 heavy (non-hydrogen) atoms. The van der Waals surface area contributed by atoms with Crippen LogP contribution in [0, 0.1) is 0 Å². The first kappa shape index (κ1) is 26.7.